The number of benzene rings is 1. The topological polar surface area (TPSA) is 25.2 Å². The number of hydrogen-bond donors (Lipinski definition) is 1. The lowest BCUT2D eigenvalue weighted by Gasteiger charge is -2.00. The van der Waals surface area contributed by atoms with E-state index in [0.717, 1.165) is 22.2 Å². The van der Waals surface area contributed by atoms with Gasteiger partial charge in [-0.25, -0.2) is 4.39 Å². The highest BCUT2D eigenvalue weighted by Gasteiger charge is 2.16. The normalized spacial score (nSPS) is 11.3. The van der Waals surface area contributed by atoms with Gasteiger partial charge in [0.15, 0.2) is 0 Å². The number of aliphatic hydroxyl groups excluding tert-OH is 1. The summed E-state index contributed by atoms with van der Waals surface area (Å²) in [7, 11) is 1.91. The lowest BCUT2D eigenvalue weighted by molar-refractivity contribution is 0.299. The second kappa shape index (κ2) is 4.07. The molecule has 0 amide bonds. The highest BCUT2D eigenvalue weighted by Crippen LogP contribution is 2.33. The number of rotatable bonds is 2. The summed E-state index contributed by atoms with van der Waals surface area (Å²) < 4.78 is 15.4. The first-order chi connectivity index (χ1) is 7.57. The summed E-state index contributed by atoms with van der Waals surface area (Å²) in [5.74, 6) is -0.418. The fourth-order valence-electron chi connectivity index (χ4n) is 2.09. The van der Waals surface area contributed by atoms with Gasteiger partial charge in [-0.3, -0.25) is 0 Å². The zero-order valence-corrected chi connectivity index (χ0v) is 9.98. The van der Waals surface area contributed by atoms with E-state index >= 15 is 0 Å². The molecule has 2 aromatic rings. The first-order valence-corrected chi connectivity index (χ1v) is 5.48. The van der Waals surface area contributed by atoms with E-state index in [1.54, 1.807) is 6.07 Å². The molecule has 0 aliphatic rings. The maximum Gasteiger partial charge on any atom is 0.142 e. The number of halogens is 2. The third-order valence-electron chi connectivity index (χ3n) is 3.04. The number of aliphatic hydroxyl groups is 1. The first kappa shape index (κ1) is 11.4. The van der Waals surface area contributed by atoms with Crippen LogP contribution in [0.1, 0.15) is 11.3 Å². The highest BCUT2D eigenvalue weighted by molar-refractivity contribution is 6.36. The van der Waals surface area contributed by atoms with Gasteiger partial charge in [0.1, 0.15) is 5.82 Å². The van der Waals surface area contributed by atoms with Crippen LogP contribution < -0.4 is 0 Å². The lowest BCUT2D eigenvalue weighted by atomic mass is 10.1. The molecule has 0 aliphatic carbocycles. The average molecular weight is 242 g/mol. The van der Waals surface area contributed by atoms with Gasteiger partial charge in [-0.2, -0.15) is 0 Å². The molecule has 0 unspecified atom stereocenters. The van der Waals surface area contributed by atoms with Crippen molar-refractivity contribution in [3.05, 3.63) is 34.2 Å². The van der Waals surface area contributed by atoms with Crippen molar-refractivity contribution in [1.82, 2.24) is 4.57 Å². The molecule has 0 saturated carbocycles. The Morgan fingerprint density at radius 1 is 1.44 bits per heavy atom. The molecule has 0 spiro atoms. The maximum atomic E-state index is 13.4. The Balaban J connectivity index is 2.86. The Morgan fingerprint density at radius 2 is 2.12 bits per heavy atom. The molecule has 16 heavy (non-hydrogen) atoms. The van der Waals surface area contributed by atoms with Gasteiger partial charge in [0.2, 0.25) is 0 Å². The van der Waals surface area contributed by atoms with E-state index < -0.39 is 5.82 Å². The Morgan fingerprint density at radius 3 is 2.75 bits per heavy atom. The summed E-state index contributed by atoms with van der Waals surface area (Å²) in [4.78, 5) is 0. The van der Waals surface area contributed by atoms with Crippen LogP contribution in [0.25, 0.3) is 10.9 Å². The molecule has 1 N–H and O–H groups in total. The molecule has 0 aliphatic heterocycles. The van der Waals surface area contributed by atoms with E-state index in [4.69, 9.17) is 16.7 Å². The van der Waals surface area contributed by atoms with Crippen molar-refractivity contribution in [3.63, 3.8) is 0 Å². The summed E-state index contributed by atoms with van der Waals surface area (Å²) in [5.41, 5.74) is 2.83. The minimum Gasteiger partial charge on any atom is -0.396 e. The number of hydrogen-bond acceptors (Lipinski definition) is 1. The van der Waals surface area contributed by atoms with E-state index in [2.05, 4.69) is 0 Å². The molecule has 86 valence electrons. The van der Waals surface area contributed by atoms with Crippen molar-refractivity contribution >= 4 is 22.5 Å². The van der Waals surface area contributed by atoms with Crippen LogP contribution in [0.4, 0.5) is 4.39 Å². The summed E-state index contributed by atoms with van der Waals surface area (Å²) in [6.07, 6.45) is 0.492. The zero-order chi connectivity index (χ0) is 11.9. The molecule has 0 atom stereocenters. The van der Waals surface area contributed by atoms with Crippen LogP contribution in [-0.2, 0) is 13.5 Å². The van der Waals surface area contributed by atoms with Crippen molar-refractivity contribution in [2.24, 2.45) is 7.05 Å². The van der Waals surface area contributed by atoms with Crippen molar-refractivity contribution < 1.29 is 9.50 Å². The largest absolute Gasteiger partial charge is 0.396 e. The molecule has 1 heterocycles. The Kier molecular flexibility index (Phi) is 2.91. The fraction of sp³-hybridized carbons (Fsp3) is 0.333. The Labute approximate surface area is 98.3 Å². The van der Waals surface area contributed by atoms with Gasteiger partial charge in [-0.05, 0) is 31.0 Å². The molecule has 4 heteroatoms. The molecule has 0 saturated heterocycles. The van der Waals surface area contributed by atoms with Crippen molar-refractivity contribution in [3.8, 4) is 0 Å². The smallest absolute Gasteiger partial charge is 0.142 e. The standard InChI is InChI=1S/C12H13ClFNO/c1-7-8(5-6-16)11-10(15(7)2)4-3-9(14)12(11)13/h3-4,16H,5-6H2,1-2H3. The third kappa shape index (κ3) is 1.51. The van der Waals surface area contributed by atoms with E-state index in [0.29, 0.717) is 6.42 Å². The molecule has 2 rings (SSSR count). The van der Waals surface area contributed by atoms with Crippen LogP contribution >= 0.6 is 11.6 Å². The van der Waals surface area contributed by atoms with Crippen LogP contribution in [0.5, 0.6) is 0 Å². The molecule has 0 bridgehead atoms. The molecule has 0 fully saturated rings. The Bertz CT molecular complexity index is 548. The quantitative estimate of drug-likeness (QED) is 0.860. The molecule has 0 radical (unpaired) electrons. The minimum absolute atomic E-state index is 0.0345. The second-order valence-electron chi connectivity index (χ2n) is 3.85. The van der Waals surface area contributed by atoms with Crippen LogP contribution in [0.2, 0.25) is 5.02 Å². The van der Waals surface area contributed by atoms with E-state index in [9.17, 15) is 4.39 Å². The zero-order valence-electron chi connectivity index (χ0n) is 9.22. The average Bonchev–Trinajstić information content (AvgIpc) is 2.50. The summed E-state index contributed by atoms with van der Waals surface area (Å²) in [6.45, 7) is 1.98. The van der Waals surface area contributed by atoms with Gasteiger partial charge < -0.3 is 9.67 Å². The van der Waals surface area contributed by atoms with Gasteiger partial charge in [0.05, 0.1) is 5.02 Å². The first-order valence-electron chi connectivity index (χ1n) is 5.10. The minimum atomic E-state index is -0.418. The number of aryl methyl sites for hydroxylation is 1. The second-order valence-corrected chi connectivity index (χ2v) is 4.23. The van der Waals surface area contributed by atoms with Crippen LogP contribution in [0, 0.1) is 12.7 Å². The van der Waals surface area contributed by atoms with Gasteiger partial charge in [-0.1, -0.05) is 11.6 Å². The summed E-state index contributed by atoms with van der Waals surface area (Å²) in [5, 5.41) is 9.89. The molecule has 1 aromatic heterocycles. The third-order valence-corrected chi connectivity index (χ3v) is 3.41. The summed E-state index contributed by atoms with van der Waals surface area (Å²) in [6, 6.07) is 3.08. The van der Waals surface area contributed by atoms with Crippen molar-refractivity contribution in [1.29, 1.82) is 0 Å². The number of fused-ring (bicyclic) bond motifs is 1. The van der Waals surface area contributed by atoms with Crippen molar-refractivity contribution in [2.45, 2.75) is 13.3 Å². The Hall–Kier alpha value is -1.06. The van der Waals surface area contributed by atoms with Crippen LogP contribution in [0.15, 0.2) is 12.1 Å². The van der Waals surface area contributed by atoms with E-state index in [1.807, 2.05) is 18.5 Å². The molecule has 1 aromatic carbocycles. The van der Waals surface area contributed by atoms with Crippen molar-refractivity contribution in [2.75, 3.05) is 6.61 Å². The van der Waals surface area contributed by atoms with Crippen LogP contribution in [-0.4, -0.2) is 16.3 Å². The predicted octanol–water partition coefficient (Wildman–Crippen LogP) is 2.81. The van der Waals surface area contributed by atoms with Gasteiger partial charge >= 0.3 is 0 Å². The van der Waals surface area contributed by atoms with Gasteiger partial charge in [0.25, 0.3) is 0 Å². The number of aromatic nitrogens is 1. The predicted molar refractivity (Wildman–Crippen MR) is 63.4 cm³/mol. The molecular weight excluding hydrogens is 229 g/mol. The monoisotopic (exact) mass is 241 g/mol. The van der Waals surface area contributed by atoms with Crippen LogP contribution in [0.3, 0.4) is 0 Å². The lowest BCUT2D eigenvalue weighted by Crippen LogP contribution is -1.95. The highest BCUT2D eigenvalue weighted by atomic mass is 35.5. The number of nitrogens with zero attached hydrogens (tertiary/aromatic N) is 1. The molecule has 2 nitrogen and oxygen atoms in total. The summed E-state index contributed by atoms with van der Waals surface area (Å²) >= 11 is 5.98. The van der Waals surface area contributed by atoms with Gasteiger partial charge in [0, 0.05) is 30.3 Å². The van der Waals surface area contributed by atoms with E-state index in [-0.39, 0.29) is 11.6 Å². The SMILES string of the molecule is Cc1c(CCO)c2c(Cl)c(F)ccc2n1C. The van der Waals surface area contributed by atoms with Gasteiger partial charge in [-0.15, -0.1) is 0 Å². The molecular formula is C12H13ClFNO. The van der Waals surface area contributed by atoms with E-state index in [1.165, 1.54) is 6.07 Å². The maximum absolute atomic E-state index is 13.4. The fourth-order valence-corrected chi connectivity index (χ4v) is 2.36.